The molecule has 3 nitrogen and oxygen atoms in total. The molecule has 0 radical (unpaired) electrons. The third kappa shape index (κ3) is 1.74. The predicted octanol–water partition coefficient (Wildman–Crippen LogP) is 1.31. The molecule has 4 N–H and O–H groups in total. The highest BCUT2D eigenvalue weighted by Crippen LogP contribution is 2.30. The summed E-state index contributed by atoms with van der Waals surface area (Å²) in [6.45, 7) is 5.73. The Morgan fingerprint density at radius 2 is 1.86 bits per heavy atom. The van der Waals surface area contributed by atoms with Crippen molar-refractivity contribution in [3.8, 4) is 5.75 Å². The van der Waals surface area contributed by atoms with Gasteiger partial charge < -0.3 is 15.9 Å². The molecule has 14 heavy (non-hydrogen) atoms. The fourth-order valence-electron chi connectivity index (χ4n) is 1.57. The van der Waals surface area contributed by atoms with E-state index in [1.54, 1.807) is 6.07 Å². The number of aliphatic hydroxyl groups is 1. The summed E-state index contributed by atoms with van der Waals surface area (Å²) in [4.78, 5) is 0. The number of nitrogens with two attached hydrogens (primary N) is 1. The molecule has 1 atom stereocenters. The first-order chi connectivity index (χ1) is 6.49. The van der Waals surface area contributed by atoms with E-state index in [2.05, 4.69) is 0 Å². The normalized spacial score (nSPS) is 12.9. The second kappa shape index (κ2) is 3.98. The van der Waals surface area contributed by atoms with Crippen LogP contribution in [0.5, 0.6) is 5.75 Å². The Morgan fingerprint density at radius 3 is 2.36 bits per heavy atom. The van der Waals surface area contributed by atoms with Gasteiger partial charge in [0.15, 0.2) is 0 Å². The number of hydrogen-bond acceptors (Lipinski definition) is 3. The van der Waals surface area contributed by atoms with Gasteiger partial charge in [-0.2, -0.15) is 0 Å². The average molecular weight is 195 g/mol. The maximum absolute atomic E-state index is 9.65. The molecule has 0 fully saturated rings. The largest absolute Gasteiger partial charge is 0.507 e. The summed E-state index contributed by atoms with van der Waals surface area (Å²) in [5, 5.41) is 19.3. The number of hydrogen-bond donors (Lipinski definition) is 3. The molecule has 0 spiro atoms. The molecule has 1 unspecified atom stereocenters. The highest BCUT2D eigenvalue weighted by Gasteiger charge is 2.14. The van der Waals surface area contributed by atoms with Crippen LogP contribution in [0.3, 0.4) is 0 Å². The fraction of sp³-hybridized carbons (Fsp3) is 0.455. The first-order valence-electron chi connectivity index (χ1n) is 4.66. The van der Waals surface area contributed by atoms with Crippen LogP contribution >= 0.6 is 0 Å². The average Bonchev–Trinajstić information content (AvgIpc) is 2.19. The van der Waals surface area contributed by atoms with Crippen LogP contribution in [0.2, 0.25) is 0 Å². The van der Waals surface area contributed by atoms with Gasteiger partial charge in [0.25, 0.3) is 0 Å². The van der Waals surface area contributed by atoms with Crippen LogP contribution in [0.4, 0.5) is 0 Å². The Kier molecular flexibility index (Phi) is 3.13. The number of aryl methyl sites for hydroxylation is 1. The molecule has 1 rings (SSSR count). The van der Waals surface area contributed by atoms with Gasteiger partial charge in [-0.05, 0) is 49.1 Å². The maximum Gasteiger partial charge on any atom is 0.121 e. The van der Waals surface area contributed by atoms with Crippen molar-refractivity contribution in [3.63, 3.8) is 0 Å². The van der Waals surface area contributed by atoms with Crippen LogP contribution in [-0.2, 0) is 0 Å². The molecular weight excluding hydrogens is 178 g/mol. The topological polar surface area (TPSA) is 66.5 Å². The zero-order chi connectivity index (χ0) is 10.9. The summed E-state index contributed by atoms with van der Waals surface area (Å²) < 4.78 is 0. The van der Waals surface area contributed by atoms with E-state index in [1.165, 1.54) is 0 Å². The second-order valence-corrected chi connectivity index (χ2v) is 3.63. The van der Waals surface area contributed by atoms with Crippen LogP contribution < -0.4 is 5.73 Å². The minimum Gasteiger partial charge on any atom is -0.507 e. The van der Waals surface area contributed by atoms with E-state index in [1.807, 2.05) is 20.8 Å². The molecule has 1 aromatic rings. The molecule has 0 heterocycles. The van der Waals surface area contributed by atoms with Crippen LogP contribution in [0.15, 0.2) is 6.07 Å². The van der Waals surface area contributed by atoms with Crippen molar-refractivity contribution in [2.24, 2.45) is 5.73 Å². The van der Waals surface area contributed by atoms with Crippen molar-refractivity contribution in [3.05, 3.63) is 28.3 Å². The standard InChI is InChI=1S/C11H17NO2/c1-6-4-9(10(13)5-12)7(2)8(3)11(6)14/h4,10,13-14H,5,12H2,1-3H3. The van der Waals surface area contributed by atoms with Gasteiger partial charge in [0.05, 0.1) is 6.10 Å². The van der Waals surface area contributed by atoms with Gasteiger partial charge in [0.2, 0.25) is 0 Å². The quantitative estimate of drug-likeness (QED) is 0.666. The van der Waals surface area contributed by atoms with E-state index < -0.39 is 6.10 Å². The molecule has 0 aliphatic rings. The molecule has 0 saturated carbocycles. The van der Waals surface area contributed by atoms with E-state index >= 15 is 0 Å². The smallest absolute Gasteiger partial charge is 0.121 e. The van der Waals surface area contributed by atoms with Crippen molar-refractivity contribution in [1.29, 1.82) is 0 Å². The third-order valence-electron chi connectivity index (χ3n) is 2.68. The molecule has 0 aromatic heterocycles. The van der Waals surface area contributed by atoms with Crippen molar-refractivity contribution >= 4 is 0 Å². The Balaban J connectivity index is 3.33. The monoisotopic (exact) mass is 195 g/mol. The van der Waals surface area contributed by atoms with Crippen molar-refractivity contribution in [2.45, 2.75) is 26.9 Å². The predicted molar refractivity (Wildman–Crippen MR) is 56.3 cm³/mol. The highest BCUT2D eigenvalue weighted by atomic mass is 16.3. The number of rotatable bonds is 2. The number of benzene rings is 1. The molecule has 0 saturated heterocycles. The molecule has 78 valence electrons. The molecule has 0 aliphatic heterocycles. The number of phenolic OH excluding ortho intramolecular Hbond substituents is 1. The summed E-state index contributed by atoms with van der Waals surface area (Å²) >= 11 is 0. The molecule has 0 aliphatic carbocycles. The van der Waals surface area contributed by atoms with Gasteiger partial charge in [-0.1, -0.05) is 0 Å². The van der Waals surface area contributed by atoms with Crippen molar-refractivity contribution in [1.82, 2.24) is 0 Å². The number of phenols is 1. The summed E-state index contributed by atoms with van der Waals surface area (Å²) in [6, 6.07) is 1.79. The molecule has 0 amide bonds. The molecule has 1 aromatic carbocycles. The third-order valence-corrected chi connectivity index (χ3v) is 2.68. The van der Waals surface area contributed by atoms with Crippen LogP contribution in [-0.4, -0.2) is 16.8 Å². The molecular formula is C11H17NO2. The van der Waals surface area contributed by atoms with E-state index in [9.17, 15) is 10.2 Å². The lowest BCUT2D eigenvalue weighted by Crippen LogP contribution is -2.13. The zero-order valence-corrected chi connectivity index (χ0v) is 8.83. The lowest BCUT2D eigenvalue weighted by atomic mass is 9.95. The first kappa shape index (κ1) is 11.0. The van der Waals surface area contributed by atoms with Crippen LogP contribution in [0.25, 0.3) is 0 Å². The van der Waals surface area contributed by atoms with E-state index in [0.29, 0.717) is 5.75 Å². The Bertz CT molecular complexity index is 348. The van der Waals surface area contributed by atoms with Gasteiger partial charge in [-0.25, -0.2) is 0 Å². The van der Waals surface area contributed by atoms with E-state index in [0.717, 1.165) is 22.3 Å². The Morgan fingerprint density at radius 1 is 1.29 bits per heavy atom. The number of aromatic hydroxyl groups is 1. The highest BCUT2D eigenvalue weighted by molar-refractivity contribution is 5.48. The number of aliphatic hydroxyl groups excluding tert-OH is 1. The SMILES string of the molecule is Cc1cc(C(O)CN)c(C)c(C)c1O. The maximum atomic E-state index is 9.65. The minimum atomic E-state index is -0.645. The lowest BCUT2D eigenvalue weighted by molar-refractivity contribution is 0.185. The van der Waals surface area contributed by atoms with Crippen molar-refractivity contribution in [2.75, 3.05) is 6.54 Å². The van der Waals surface area contributed by atoms with E-state index in [-0.39, 0.29) is 6.54 Å². The lowest BCUT2D eigenvalue weighted by Gasteiger charge is -2.16. The van der Waals surface area contributed by atoms with Gasteiger partial charge >= 0.3 is 0 Å². The van der Waals surface area contributed by atoms with Crippen molar-refractivity contribution < 1.29 is 10.2 Å². The Hall–Kier alpha value is -1.06. The van der Waals surface area contributed by atoms with Gasteiger partial charge in [-0.3, -0.25) is 0 Å². The van der Waals surface area contributed by atoms with Gasteiger partial charge in [0, 0.05) is 6.54 Å². The van der Waals surface area contributed by atoms with Crippen LogP contribution in [0, 0.1) is 20.8 Å². The summed E-state index contributed by atoms with van der Waals surface area (Å²) in [5.41, 5.74) is 8.70. The fourth-order valence-corrected chi connectivity index (χ4v) is 1.57. The summed E-state index contributed by atoms with van der Waals surface area (Å²) in [6.07, 6.45) is -0.645. The van der Waals surface area contributed by atoms with Crippen LogP contribution in [0.1, 0.15) is 28.4 Å². The Labute approximate surface area is 84.2 Å². The summed E-state index contributed by atoms with van der Waals surface area (Å²) in [7, 11) is 0. The molecule has 3 heteroatoms. The minimum absolute atomic E-state index is 0.199. The molecule has 0 bridgehead atoms. The van der Waals surface area contributed by atoms with Gasteiger partial charge in [-0.15, -0.1) is 0 Å². The summed E-state index contributed by atoms with van der Waals surface area (Å²) in [5.74, 6) is 0.301. The first-order valence-corrected chi connectivity index (χ1v) is 4.66. The second-order valence-electron chi connectivity index (χ2n) is 3.63. The van der Waals surface area contributed by atoms with E-state index in [4.69, 9.17) is 5.73 Å². The van der Waals surface area contributed by atoms with Gasteiger partial charge in [0.1, 0.15) is 5.75 Å². The zero-order valence-electron chi connectivity index (χ0n) is 8.83.